The van der Waals surface area contributed by atoms with Crippen LogP contribution in [0, 0.1) is 0 Å². The lowest BCUT2D eigenvalue weighted by atomic mass is 10.3. The van der Waals surface area contributed by atoms with Crippen molar-refractivity contribution >= 4 is 11.8 Å². The van der Waals surface area contributed by atoms with Gasteiger partial charge in [-0.25, -0.2) is 4.79 Å². The Morgan fingerprint density at radius 3 is 2.69 bits per heavy atom. The maximum atomic E-state index is 11.5. The summed E-state index contributed by atoms with van der Waals surface area (Å²) in [6.07, 6.45) is -0.326. The van der Waals surface area contributed by atoms with Crippen LogP contribution in [0.25, 0.3) is 0 Å². The molecule has 0 heterocycles. The maximum absolute atomic E-state index is 11.5. The summed E-state index contributed by atoms with van der Waals surface area (Å²) in [7, 11) is 5.77. The normalized spacial score (nSPS) is 10.3. The second kappa shape index (κ2) is 5.51. The second-order valence-electron chi connectivity index (χ2n) is 3.91. The minimum Gasteiger partial charge on any atom is -0.410 e. The molecule has 1 rings (SSSR count). The Morgan fingerprint density at radius 2 is 2.12 bits per heavy atom. The summed E-state index contributed by atoms with van der Waals surface area (Å²) in [5, 5.41) is 0. The number of hydrogen-bond acceptors (Lipinski definition) is 2. The first-order chi connectivity index (χ1) is 7.54. The van der Waals surface area contributed by atoms with Gasteiger partial charge in [-0.05, 0) is 19.1 Å². The van der Waals surface area contributed by atoms with E-state index < -0.39 is 0 Å². The molecule has 1 aromatic rings. The molecular formula is C12H19N2O2+. The van der Waals surface area contributed by atoms with Crippen molar-refractivity contribution in [2.45, 2.75) is 6.92 Å². The van der Waals surface area contributed by atoms with Crippen LogP contribution in [0.4, 0.5) is 10.5 Å². The van der Waals surface area contributed by atoms with Crippen LogP contribution < -0.4 is 9.64 Å². The Hall–Kier alpha value is -1.55. The molecule has 1 aromatic carbocycles. The number of nitrogens with one attached hydrogen (secondary N) is 1. The van der Waals surface area contributed by atoms with E-state index in [1.165, 1.54) is 9.80 Å². The van der Waals surface area contributed by atoms with Gasteiger partial charge in [-0.2, -0.15) is 0 Å². The summed E-state index contributed by atoms with van der Waals surface area (Å²) in [6, 6.07) is 7.54. The molecule has 0 saturated heterocycles. The number of rotatable bonds is 3. The van der Waals surface area contributed by atoms with Gasteiger partial charge < -0.3 is 14.5 Å². The Morgan fingerprint density at radius 1 is 1.44 bits per heavy atom. The highest BCUT2D eigenvalue weighted by Crippen LogP contribution is 2.14. The van der Waals surface area contributed by atoms with Gasteiger partial charge in [-0.1, -0.05) is 6.07 Å². The van der Waals surface area contributed by atoms with Crippen LogP contribution >= 0.6 is 0 Å². The Balaban J connectivity index is 2.74. The zero-order chi connectivity index (χ0) is 12.1. The molecule has 0 aliphatic heterocycles. The number of carbonyl (C=O) groups is 1. The number of carbonyl (C=O) groups excluding carboxylic acids is 1. The molecular weight excluding hydrogens is 204 g/mol. The van der Waals surface area contributed by atoms with Crippen LogP contribution in [0.3, 0.4) is 0 Å². The molecule has 88 valence electrons. The van der Waals surface area contributed by atoms with Gasteiger partial charge in [0.05, 0.1) is 14.1 Å². The second-order valence-corrected chi connectivity index (χ2v) is 3.91. The molecule has 0 radical (unpaired) electrons. The maximum Gasteiger partial charge on any atom is 0.414 e. The first kappa shape index (κ1) is 12.5. The third kappa shape index (κ3) is 3.24. The molecule has 1 N–H and O–H groups in total. The molecule has 4 nitrogen and oxygen atoms in total. The smallest absolute Gasteiger partial charge is 0.410 e. The van der Waals surface area contributed by atoms with E-state index in [9.17, 15) is 4.79 Å². The van der Waals surface area contributed by atoms with Crippen molar-refractivity contribution in [3.8, 4) is 5.75 Å². The predicted molar refractivity (Wildman–Crippen MR) is 63.2 cm³/mol. The quantitative estimate of drug-likeness (QED) is 0.826. The van der Waals surface area contributed by atoms with Gasteiger partial charge in [0.1, 0.15) is 11.4 Å². The Labute approximate surface area is 96.4 Å². The fourth-order valence-corrected chi connectivity index (χ4v) is 1.18. The van der Waals surface area contributed by atoms with Gasteiger partial charge in [0.25, 0.3) is 0 Å². The molecule has 0 unspecified atom stereocenters. The summed E-state index contributed by atoms with van der Waals surface area (Å²) in [6.45, 7) is 2.54. The highest BCUT2D eigenvalue weighted by Gasteiger charge is 2.10. The fraction of sp³-hybridized carbons (Fsp3) is 0.417. The van der Waals surface area contributed by atoms with Crippen LogP contribution in [0.2, 0.25) is 0 Å². The van der Waals surface area contributed by atoms with Crippen molar-refractivity contribution in [3.63, 3.8) is 0 Å². The first-order valence-electron chi connectivity index (χ1n) is 5.38. The van der Waals surface area contributed by atoms with E-state index in [-0.39, 0.29) is 6.09 Å². The molecule has 0 saturated carbocycles. The molecule has 0 fully saturated rings. The third-order valence-electron chi connectivity index (χ3n) is 2.40. The van der Waals surface area contributed by atoms with E-state index in [1.807, 2.05) is 39.2 Å². The third-order valence-corrected chi connectivity index (χ3v) is 2.40. The lowest BCUT2D eigenvalue weighted by molar-refractivity contribution is -0.786. The average molecular weight is 223 g/mol. The minimum atomic E-state index is -0.326. The minimum absolute atomic E-state index is 0.326. The number of quaternary nitrogens is 1. The number of ether oxygens (including phenoxy) is 1. The van der Waals surface area contributed by atoms with E-state index in [0.29, 0.717) is 12.3 Å². The number of benzene rings is 1. The van der Waals surface area contributed by atoms with E-state index in [4.69, 9.17) is 4.74 Å². The van der Waals surface area contributed by atoms with Crippen molar-refractivity contribution in [1.82, 2.24) is 4.90 Å². The largest absolute Gasteiger partial charge is 0.414 e. The molecule has 4 heteroatoms. The van der Waals surface area contributed by atoms with Crippen molar-refractivity contribution in [1.29, 1.82) is 0 Å². The first-order valence-corrected chi connectivity index (χ1v) is 5.38. The summed E-state index contributed by atoms with van der Waals surface area (Å²) in [5.41, 5.74) is 1.09. The van der Waals surface area contributed by atoms with Crippen LogP contribution in [-0.2, 0) is 0 Å². The topological polar surface area (TPSA) is 34.0 Å². The van der Waals surface area contributed by atoms with E-state index >= 15 is 0 Å². The molecule has 0 spiro atoms. The van der Waals surface area contributed by atoms with Crippen molar-refractivity contribution in [2.24, 2.45) is 0 Å². The zero-order valence-electron chi connectivity index (χ0n) is 10.3. The fourth-order valence-electron chi connectivity index (χ4n) is 1.18. The summed E-state index contributed by atoms with van der Waals surface area (Å²) in [4.78, 5) is 14.2. The van der Waals surface area contributed by atoms with Gasteiger partial charge in [0.2, 0.25) is 0 Å². The zero-order valence-corrected chi connectivity index (χ0v) is 10.3. The Kier molecular flexibility index (Phi) is 4.31. The van der Waals surface area contributed by atoms with Crippen molar-refractivity contribution in [3.05, 3.63) is 24.3 Å². The number of amides is 1. The Bertz CT molecular complexity index is 364. The lowest BCUT2D eigenvalue weighted by Crippen LogP contribution is -3.00. The highest BCUT2D eigenvalue weighted by molar-refractivity contribution is 5.70. The van der Waals surface area contributed by atoms with Crippen LogP contribution in [0.5, 0.6) is 5.75 Å². The molecule has 0 aliphatic rings. The van der Waals surface area contributed by atoms with E-state index in [2.05, 4.69) is 0 Å². The van der Waals surface area contributed by atoms with E-state index in [1.54, 1.807) is 13.1 Å². The predicted octanol–water partition coefficient (Wildman–Crippen LogP) is 0.913. The molecule has 0 bridgehead atoms. The highest BCUT2D eigenvalue weighted by atomic mass is 16.6. The van der Waals surface area contributed by atoms with Gasteiger partial charge in [-0.15, -0.1) is 0 Å². The van der Waals surface area contributed by atoms with Crippen molar-refractivity contribution in [2.75, 3.05) is 27.7 Å². The average Bonchev–Trinajstić information content (AvgIpc) is 2.28. The summed E-state index contributed by atoms with van der Waals surface area (Å²) >= 11 is 0. The van der Waals surface area contributed by atoms with Crippen molar-refractivity contribution < 1.29 is 14.4 Å². The standard InChI is InChI=1S/C12H18N2O2/c1-5-14(4)12(15)16-11-8-6-7-10(9-11)13(2)3/h6-9H,5H2,1-4H3/p+1. The van der Waals surface area contributed by atoms with Gasteiger partial charge in [-0.3, -0.25) is 0 Å². The molecule has 0 aliphatic carbocycles. The lowest BCUT2D eigenvalue weighted by Gasteiger charge is -2.14. The van der Waals surface area contributed by atoms with Crippen LogP contribution in [-0.4, -0.2) is 38.7 Å². The number of hydrogen-bond donors (Lipinski definition) is 1. The molecule has 16 heavy (non-hydrogen) atoms. The summed E-state index contributed by atoms with van der Waals surface area (Å²) in [5.74, 6) is 0.587. The van der Waals surface area contributed by atoms with E-state index in [0.717, 1.165) is 5.69 Å². The number of nitrogens with zero attached hydrogens (tertiary/aromatic N) is 1. The van der Waals surface area contributed by atoms with Gasteiger partial charge >= 0.3 is 6.09 Å². The van der Waals surface area contributed by atoms with Crippen LogP contribution in [0.15, 0.2) is 24.3 Å². The molecule has 0 aromatic heterocycles. The summed E-state index contributed by atoms with van der Waals surface area (Å²) < 4.78 is 5.23. The van der Waals surface area contributed by atoms with Crippen LogP contribution in [0.1, 0.15) is 6.92 Å². The van der Waals surface area contributed by atoms with Gasteiger partial charge in [0, 0.05) is 19.7 Å². The SMILES string of the molecule is CCN(C)C(=O)Oc1cccc([NH+](C)C)c1. The molecule has 0 atom stereocenters. The monoisotopic (exact) mass is 223 g/mol. The van der Waals surface area contributed by atoms with Gasteiger partial charge in [0.15, 0.2) is 0 Å². The molecule has 1 amide bonds.